The summed E-state index contributed by atoms with van der Waals surface area (Å²) in [6.45, 7) is 3.72. The lowest BCUT2D eigenvalue weighted by molar-refractivity contribution is -0.384. The van der Waals surface area contributed by atoms with Crippen molar-refractivity contribution >= 4 is 23.7 Å². The van der Waals surface area contributed by atoms with Gasteiger partial charge in [-0.05, 0) is 24.1 Å². The van der Waals surface area contributed by atoms with E-state index in [4.69, 9.17) is 0 Å². The largest absolute Gasteiger partial charge is 0.507 e. The second kappa shape index (κ2) is 9.98. The predicted octanol–water partition coefficient (Wildman–Crippen LogP) is 2.60. The van der Waals surface area contributed by atoms with Crippen molar-refractivity contribution in [2.75, 3.05) is 0 Å². The van der Waals surface area contributed by atoms with Gasteiger partial charge in [-0.1, -0.05) is 38.5 Å². The summed E-state index contributed by atoms with van der Waals surface area (Å²) in [7, 11) is 0. The average molecular weight is 398 g/mol. The molecule has 2 rings (SSSR count). The number of non-ortho nitro benzene ring substituents is 1. The summed E-state index contributed by atoms with van der Waals surface area (Å²) >= 11 is 0. The van der Waals surface area contributed by atoms with Gasteiger partial charge in [-0.15, -0.1) is 0 Å². The van der Waals surface area contributed by atoms with Gasteiger partial charge in [0, 0.05) is 23.3 Å². The highest BCUT2D eigenvalue weighted by atomic mass is 16.6. The number of phenolic OH excluding ortho intramolecular Hbond substituents is 1. The maximum absolute atomic E-state index is 12.6. The first-order valence-corrected chi connectivity index (χ1v) is 8.99. The summed E-state index contributed by atoms with van der Waals surface area (Å²) < 4.78 is 0. The molecule has 0 heterocycles. The van der Waals surface area contributed by atoms with Crippen LogP contribution in [0.15, 0.2) is 53.6 Å². The molecule has 29 heavy (non-hydrogen) atoms. The lowest BCUT2D eigenvalue weighted by Gasteiger charge is -2.22. The molecule has 0 aliphatic heterocycles. The first-order chi connectivity index (χ1) is 13.8. The molecule has 2 aromatic rings. The highest BCUT2D eigenvalue weighted by Crippen LogP contribution is 2.21. The number of nitrogens with one attached hydrogen (secondary N) is 2. The van der Waals surface area contributed by atoms with Crippen LogP contribution in [0.2, 0.25) is 0 Å². The number of nitro groups is 1. The van der Waals surface area contributed by atoms with Crippen molar-refractivity contribution in [2.45, 2.75) is 26.3 Å². The predicted molar refractivity (Wildman–Crippen MR) is 108 cm³/mol. The van der Waals surface area contributed by atoms with E-state index >= 15 is 0 Å². The highest BCUT2D eigenvalue weighted by molar-refractivity contribution is 5.97. The molecule has 2 atom stereocenters. The van der Waals surface area contributed by atoms with Crippen molar-refractivity contribution in [1.29, 1.82) is 0 Å². The van der Waals surface area contributed by atoms with Crippen LogP contribution in [0.5, 0.6) is 5.75 Å². The van der Waals surface area contributed by atoms with E-state index in [1.165, 1.54) is 6.07 Å². The van der Waals surface area contributed by atoms with E-state index in [-0.39, 0.29) is 28.8 Å². The van der Waals surface area contributed by atoms with Crippen molar-refractivity contribution in [2.24, 2.45) is 11.0 Å². The van der Waals surface area contributed by atoms with Crippen LogP contribution in [0.1, 0.15) is 36.2 Å². The molecule has 0 saturated carbocycles. The lowest BCUT2D eigenvalue weighted by Crippen LogP contribution is -2.49. The topological polar surface area (TPSA) is 134 Å². The van der Waals surface area contributed by atoms with Crippen molar-refractivity contribution < 1.29 is 19.6 Å². The molecular formula is C20H22N4O5. The maximum atomic E-state index is 12.6. The van der Waals surface area contributed by atoms with Gasteiger partial charge in [0.2, 0.25) is 0 Å². The highest BCUT2D eigenvalue weighted by Gasteiger charge is 2.26. The van der Waals surface area contributed by atoms with Crippen molar-refractivity contribution in [3.05, 3.63) is 69.8 Å². The molecule has 0 unspecified atom stereocenters. The van der Waals surface area contributed by atoms with Gasteiger partial charge < -0.3 is 10.4 Å². The molecule has 0 aromatic heterocycles. The van der Waals surface area contributed by atoms with Crippen LogP contribution in [0.25, 0.3) is 0 Å². The zero-order valence-electron chi connectivity index (χ0n) is 16.0. The van der Waals surface area contributed by atoms with Gasteiger partial charge in [0.05, 0.1) is 11.1 Å². The fourth-order valence-electron chi connectivity index (χ4n) is 2.51. The van der Waals surface area contributed by atoms with Gasteiger partial charge in [-0.25, -0.2) is 5.43 Å². The van der Waals surface area contributed by atoms with Gasteiger partial charge in [0.15, 0.2) is 0 Å². The summed E-state index contributed by atoms with van der Waals surface area (Å²) in [5, 5.41) is 27.1. The van der Waals surface area contributed by atoms with Crippen LogP contribution in [0.3, 0.4) is 0 Å². The number of rotatable bonds is 8. The Morgan fingerprint density at radius 1 is 1.24 bits per heavy atom. The van der Waals surface area contributed by atoms with E-state index in [1.54, 1.807) is 30.3 Å². The first-order valence-electron chi connectivity index (χ1n) is 8.99. The quantitative estimate of drug-likeness (QED) is 0.357. The Kier molecular flexibility index (Phi) is 7.41. The summed E-state index contributed by atoms with van der Waals surface area (Å²) in [5.74, 6) is -1.30. The Labute approximate surface area is 167 Å². The lowest BCUT2D eigenvalue weighted by atomic mass is 9.98. The monoisotopic (exact) mass is 398 g/mol. The third-order valence-electron chi connectivity index (χ3n) is 4.42. The normalized spacial score (nSPS) is 12.9. The Hall–Kier alpha value is -3.75. The number of aromatic hydroxyl groups is 1. The van der Waals surface area contributed by atoms with Crippen LogP contribution in [0, 0.1) is 16.0 Å². The van der Waals surface area contributed by atoms with Crippen LogP contribution in [-0.4, -0.2) is 34.1 Å². The second-order valence-electron chi connectivity index (χ2n) is 6.44. The molecule has 2 aromatic carbocycles. The van der Waals surface area contributed by atoms with Gasteiger partial charge in [-0.3, -0.25) is 19.7 Å². The third kappa shape index (κ3) is 5.86. The van der Waals surface area contributed by atoms with Crippen molar-refractivity contribution in [3.8, 4) is 5.75 Å². The van der Waals surface area contributed by atoms with Crippen LogP contribution >= 0.6 is 0 Å². The molecule has 0 radical (unpaired) electrons. The summed E-state index contributed by atoms with van der Waals surface area (Å²) in [6.07, 6.45) is 1.75. The molecule has 3 N–H and O–H groups in total. The van der Waals surface area contributed by atoms with Crippen LogP contribution in [0.4, 0.5) is 5.69 Å². The molecule has 152 valence electrons. The first kappa shape index (κ1) is 21.5. The number of carbonyl (C=O) groups excluding carboxylic acids is 2. The van der Waals surface area contributed by atoms with E-state index in [1.807, 2.05) is 13.8 Å². The van der Waals surface area contributed by atoms with Gasteiger partial charge >= 0.3 is 0 Å². The van der Waals surface area contributed by atoms with Gasteiger partial charge in [0.25, 0.3) is 17.5 Å². The van der Waals surface area contributed by atoms with E-state index in [0.717, 1.165) is 18.3 Å². The number of phenols is 1. The summed E-state index contributed by atoms with van der Waals surface area (Å²) in [5.41, 5.74) is 2.60. The average Bonchev–Trinajstić information content (AvgIpc) is 2.72. The Morgan fingerprint density at radius 3 is 2.55 bits per heavy atom. The van der Waals surface area contributed by atoms with Gasteiger partial charge in [-0.2, -0.15) is 5.10 Å². The number of hydrogen-bond acceptors (Lipinski definition) is 6. The number of carbonyl (C=O) groups is 2. The number of nitrogens with zero attached hydrogens (tertiary/aromatic N) is 2. The standard InChI is InChI=1S/C20H22N4O5/c1-3-13(2)18(22-19(26)14-7-5-4-6-8-14)20(27)23-21-12-15-11-16(24(28)29)9-10-17(15)25/h4-13,18,25H,3H2,1-2H3,(H,22,26)(H,23,27)/t13-,18+/m1/s1. The maximum Gasteiger partial charge on any atom is 0.270 e. The molecule has 0 bridgehead atoms. The zero-order valence-corrected chi connectivity index (χ0v) is 16.0. The van der Waals surface area contributed by atoms with Crippen molar-refractivity contribution in [1.82, 2.24) is 10.7 Å². The van der Waals surface area contributed by atoms with E-state index < -0.39 is 16.9 Å². The molecule has 0 spiro atoms. The van der Waals surface area contributed by atoms with Crippen LogP contribution in [-0.2, 0) is 4.79 Å². The molecule has 9 nitrogen and oxygen atoms in total. The fraction of sp³-hybridized carbons (Fsp3) is 0.250. The van der Waals surface area contributed by atoms with Crippen molar-refractivity contribution in [3.63, 3.8) is 0 Å². The Morgan fingerprint density at radius 2 is 1.93 bits per heavy atom. The number of amides is 2. The van der Waals surface area contributed by atoms with E-state index in [9.17, 15) is 24.8 Å². The Balaban J connectivity index is 2.10. The Bertz CT molecular complexity index is 914. The van der Waals surface area contributed by atoms with E-state index in [2.05, 4.69) is 15.8 Å². The van der Waals surface area contributed by atoms with E-state index in [0.29, 0.717) is 12.0 Å². The van der Waals surface area contributed by atoms with Gasteiger partial charge in [0.1, 0.15) is 11.8 Å². The molecule has 0 fully saturated rings. The second-order valence-corrected chi connectivity index (χ2v) is 6.44. The SMILES string of the molecule is CC[C@@H](C)[C@H](NC(=O)c1ccccc1)C(=O)NN=Cc1cc([N+](=O)[O-])ccc1O. The zero-order chi connectivity index (χ0) is 21.4. The summed E-state index contributed by atoms with van der Waals surface area (Å²) in [6, 6.07) is 11.2. The molecule has 0 aliphatic carbocycles. The minimum Gasteiger partial charge on any atom is -0.507 e. The number of benzene rings is 2. The molecule has 2 amide bonds. The number of nitro benzene ring substituents is 1. The minimum atomic E-state index is -0.830. The summed E-state index contributed by atoms with van der Waals surface area (Å²) in [4.78, 5) is 35.2. The molecule has 0 saturated heterocycles. The fourth-order valence-corrected chi connectivity index (χ4v) is 2.51. The van der Waals surface area contributed by atoms with Crippen LogP contribution < -0.4 is 10.7 Å². The number of hydrogen-bond donors (Lipinski definition) is 3. The molecule has 9 heteroatoms. The smallest absolute Gasteiger partial charge is 0.270 e. The molecule has 0 aliphatic rings. The number of hydrazone groups is 1. The third-order valence-corrected chi connectivity index (χ3v) is 4.42. The minimum absolute atomic E-state index is 0.0768. The molecular weight excluding hydrogens is 376 g/mol.